The Balaban J connectivity index is 1.86. The maximum Gasteiger partial charge on any atom is 0.326 e. The summed E-state index contributed by atoms with van der Waals surface area (Å²) in [5.41, 5.74) is 2.37. The topological polar surface area (TPSA) is 99.6 Å². The first-order chi connectivity index (χ1) is 12.0. The van der Waals surface area contributed by atoms with E-state index in [-0.39, 0.29) is 30.5 Å². The van der Waals surface area contributed by atoms with Crippen molar-refractivity contribution in [2.75, 3.05) is 13.6 Å². The first kappa shape index (κ1) is 17.4. The average Bonchev–Trinajstić information content (AvgIpc) is 2.65. The largest absolute Gasteiger partial charge is 0.480 e. The minimum absolute atomic E-state index is 0.105. The maximum absolute atomic E-state index is 12.9. The van der Waals surface area contributed by atoms with E-state index in [2.05, 4.69) is 10.3 Å². The number of amides is 2. The van der Waals surface area contributed by atoms with Crippen molar-refractivity contribution in [2.24, 2.45) is 5.92 Å². The molecule has 1 saturated heterocycles. The number of likely N-dealkylation sites (tertiary alicyclic amines) is 1. The van der Waals surface area contributed by atoms with E-state index in [0.29, 0.717) is 6.42 Å². The lowest BCUT2D eigenvalue weighted by Gasteiger charge is -2.36. The second kappa shape index (κ2) is 7.21. The van der Waals surface area contributed by atoms with Gasteiger partial charge in [0.25, 0.3) is 5.91 Å². The molecule has 134 valence electrons. The van der Waals surface area contributed by atoms with E-state index < -0.39 is 17.9 Å². The van der Waals surface area contributed by atoms with E-state index in [1.54, 1.807) is 13.1 Å². The third-order valence-corrected chi connectivity index (χ3v) is 5.14. The van der Waals surface area contributed by atoms with Crippen LogP contribution in [0.5, 0.6) is 0 Å². The smallest absolute Gasteiger partial charge is 0.326 e. The molecule has 0 unspecified atom stereocenters. The second-order valence-corrected chi connectivity index (χ2v) is 6.71. The van der Waals surface area contributed by atoms with Gasteiger partial charge in [-0.15, -0.1) is 0 Å². The van der Waals surface area contributed by atoms with Crippen molar-refractivity contribution >= 4 is 17.8 Å². The van der Waals surface area contributed by atoms with Crippen molar-refractivity contribution in [3.63, 3.8) is 0 Å². The van der Waals surface area contributed by atoms with Gasteiger partial charge in [0.1, 0.15) is 11.7 Å². The van der Waals surface area contributed by atoms with E-state index in [9.17, 15) is 19.5 Å². The number of aromatic nitrogens is 1. The zero-order chi connectivity index (χ0) is 18.0. The molecule has 1 aromatic rings. The summed E-state index contributed by atoms with van der Waals surface area (Å²) in [6.07, 6.45) is 4.72. The number of piperidine rings is 1. The van der Waals surface area contributed by atoms with Crippen LogP contribution in [0.25, 0.3) is 0 Å². The van der Waals surface area contributed by atoms with Crippen molar-refractivity contribution in [3.05, 3.63) is 29.1 Å². The highest BCUT2D eigenvalue weighted by molar-refractivity contribution is 5.95. The van der Waals surface area contributed by atoms with Crippen molar-refractivity contribution in [1.82, 2.24) is 15.2 Å². The number of fused-ring (bicyclic) bond motifs is 1. The average molecular weight is 345 g/mol. The predicted molar refractivity (Wildman–Crippen MR) is 90.1 cm³/mol. The molecule has 1 fully saturated rings. The Morgan fingerprint density at radius 3 is 2.68 bits per heavy atom. The van der Waals surface area contributed by atoms with Gasteiger partial charge in [0, 0.05) is 19.3 Å². The summed E-state index contributed by atoms with van der Waals surface area (Å²) in [5, 5.41) is 12.0. The molecule has 2 N–H and O–H groups in total. The van der Waals surface area contributed by atoms with Crippen LogP contribution in [0.4, 0.5) is 0 Å². The van der Waals surface area contributed by atoms with Crippen LogP contribution in [0.2, 0.25) is 0 Å². The molecule has 0 radical (unpaired) electrons. The molecular formula is C18H23N3O4. The Kier molecular flexibility index (Phi) is 5.01. The van der Waals surface area contributed by atoms with Crippen LogP contribution >= 0.6 is 0 Å². The van der Waals surface area contributed by atoms with Gasteiger partial charge in [0.05, 0.1) is 5.92 Å². The molecule has 0 spiro atoms. The number of rotatable bonds is 3. The second-order valence-electron chi connectivity index (χ2n) is 6.71. The van der Waals surface area contributed by atoms with Gasteiger partial charge < -0.3 is 15.3 Å². The number of carboxylic acid groups (broad SMARTS) is 1. The number of carbonyl (C=O) groups is 3. The molecule has 1 aliphatic heterocycles. The third-order valence-electron chi connectivity index (χ3n) is 5.14. The lowest BCUT2D eigenvalue weighted by molar-refractivity contribution is -0.145. The number of aryl methyl sites for hydroxylation is 2. The summed E-state index contributed by atoms with van der Waals surface area (Å²) in [5.74, 6) is -2.00. The first-order valence-corrected chi connectivity index (χ1v) is 8.75. The van der Waals surface area contributed by atoms with Crippen molar-refractivity contribution in [1.29, 1.82) is 0 Å². The number of nitrogens with one attached hydrogen (secondary N) is 1. The van der Waals surface area contributed by atoms with Gasteiger partial charge in [-0.3, -0.25) is 9.59 Å². The molecule has 0 aromatic carbocycles. The molecule has 2 atom stereocenters. The van der Waals surface area contributed by atoms with Crippen LogP contribution in [0.15, 0.2) is 12.1 Å². The van der Waals surface area contributed by atoms with Crippen LogP contribution in [0.1, 0.15) is 47.4 Å². The Labute approximate surface area is 146 Å². The van der Waals surface area contributed by atoms with Crippen LogP contribution in [-0.2, 0) is 22.4 Å². The number of hydrogen-bond donors (Lipinski definition) is 2. The lowest BCUT2D eigenvalue weighted by Crippen LogP contribution is -2.53. The number of hydrogen-bond acceptors (Lipinski definition) is 4. The quantitative estimate of drug-likeness (QED) is 0.852. The Morgan fingerprint density at radius 2 is 1.96 bits per heavy atom. The minimum Gasteiger partial charge on any atom is -0.480 e. The molecule has 1 aliphatic carbocycles. The normalized spacial score (nSPS) is 22.8. The molecule has 3 rings (SSSR count). The fourth-order valence-corrected chi connectivity index (χ4v) is 3.72. The summed E-state index contributed by atoms with van der Waals surface area (Å²) in [6, 6.07) is 2.69. The monoisotopic (exact) mass is 345 g/mol. The van der Waals surface area contributed by atoms with Gasteiger partial charge in [-0.2, -0.15) is 0 Å². The van der Waals surface area contributed by atoms with Crippen molar-refractivity contribution < 1.29 is 19.5 Å². The van der Waals surface area contributed by atoms with E-state index in [1.165, 1.54) is 10.5 Å². The summed E-state index contributed by atoms with van der Waals surface area (Å²) < 4.78 is 0. The van der Waals surface area contributed by atoms with Gasteiger partial charge in [-0.1, -0.05) is 6.07 Å². The number of carboxylic acids is 1. The first-order valence-electron chi connectivity index (χ1n) is 8.75. The van der Waals surface area contributed by atoms with Gasteiger partial charge in [-0.25, -0.2) is 9.78 Å². The summed E-state index contributed by atoms with van der Waals surface area (Å²) in [6.45, 7) is 0.105. The zero-order valence-electron chi connectivity index (χ0n) is 14.3. The molecule has 0 bridgehead atoms. The molecule has 2 heterocycles. The molecule has 7 heteroatoms. The van der Waals surface area contributed by atoms with Crippen molar-refractivity contribution in [3.8, 4) is 0 Å². The van der Waals surface area contributed by atoms with Gasteiger partial charge in [0.15, 0.2) is 0 Å². The molecular weight excluding hydrogens is 322 g/mol. The predicted octanol–water partition coefficient (Wildman–Crippen LogP) is 1.01. The molecule has 2 aliphatic rings. The van der Waals surface area contributed by atoms with Crippen LogP contribution in [0.3, 0.4) is 0 Å². The maximum atomic E-state index is 12.9. The van der Waals surface area contributed by atoms with Gasteiger partial charge in [0.2, 0.25) is 5.91 Å². The number of aliphatic carboxylic acids is 1. The molecule has 7 nitrogen and oxygen atoms in total. The number of nitrogens with zero attached hydrogens (tertiary/aromatic N) is 2. The van der Waals surface area contributed by atoms with Crippen LogP contribution in [-0.4, -0.2) is 52.4 Å². The van der Waals surface area contributed by atoms with E-state index in [0.717, 1.165) is 31.4 Å². The highest BCUT2D eigenvalue weighted by atomic mass is 16.4. The van der Waals surface area contributed by atoms with E-state index >= 15 is 0 Å². The standard InChI is InChI=1S/C18H23N3O4/c1-19-16(22)12-7-9-15(18(24)25)21(10-12)17(23)14-8-6-11-4-2-3-5-13(11)20-14/h6,8,12,15H,2-5,7,9-10H2,1H3,(H,19,22)(H,24,25)/t12-,15-/m0/s1. The molecule has 0 saturated carbocycles. The SMILES string of the molecule is CNC(=O)[C@H]1CC[C@@H](C(=O)O)N(C(=O)c2ccc3c(n2)CCCC3)C1. The highest BCUT2D eigenvalue weighted by Crippen LogP contribution is 2.25. The summed E-state index contributed by atoms with van der Waals surface area (Å²) in [7, 11) is 1.54. The molecule has 25 heavy (non-hydrogen) atoms. The molecule has 2 amide bonds. The minimum atomic E-state index is -1.04. The van der Waals surface area contributed by atoms with Crippen LogP contribution in [0, 0.1) is 5.92 Å². The summed E-state index contributed by atoms with van der Waals surface area (Å²) in [4.78, 5) is 42.2. The summed E-state index contributed by atoms with van der Waals surface area (Å²) >= 11 is 0. The van der Waals surface area contributed by atoms with Gasteiger partial charge in [-0.05, 0) is 50.2 Å². The van der Waals surface area contributed by atoms with Crippen LogP contribution < -0.4 is 5.32 Å². The van der Waals surface area contributed by atoms with E-state index in [4.69, 9.17) is 0 Å². The number of carbonyl (C=O) groups excluding carboxylic acids is 2. The fourth-order valence-electron chi connectivity index (χ4n) is 3.72. The Hall–Kier alpha value is -2.44. The zero-order valence-corrected chi connectivity index (χ0v) is 14.3. The third kappa shape index (κ3) is 3.50. The lowest BCUT2D eigenvalue weighted by atomic mass is 9.91. The Bertz CT molecular complexity index is 704. The number of pyridine rings is 1. The van der Waals surface area contributed by atoms with E-state index in [1.807, 2.05) is 6.07 Å². The Morgan fingerprint density at radius 1 is 1.20 bits per heavy atom. The van der Waals surface area contributed by atoms with Crippen molar-refractivity contribution in [2.45, 2.75) is 44.6 Å². The molecule has 1 aromatic heterocycles. The highest BCUT2D eigenvalue weighted by Gasteiger charge is 2.39. The fraction of sp³-hybridized carbons (Fsp3) is 0.556. The van der Waals surface area contributed by atoms with Gasteiger partial charge >= 0.3 is 5.97 Å².